The van der Waals surface area contributed by atoms with Crippen molar-refractivity contribution in [3.8, 4) is 5.75 Å². The molecule has 0 atom stereocenters. The summed E-state index contributed by atoms with van der Waals surface area (Å²) in [6.45, 7) is 1.56. The Balaban J connectivity index is 1.75. The summed E-state index contributed by atoms with van der Waals surface area (Å²) in [4.78, 5) is 22.2. The standard InChI is InChI=1S/C27H24ClFN4O4S/c1-3-38(35,36)24-10-5-4-7-17(24)15-23-20(26(34)33-25-21(28)8-6-9-22(25)29)16-30-27(32-23)31-18-11-13-19(37-2)14-12-18/h4-14,16H,3,15H2,1-2H3,(H,33,34)(H,30,31,32). The molecule has 0 saturated heterocycles. The average molecular weight is 555 g/mol. The zero-order valence-corrected chi connectivity index (χ0v) is 22.1. The van der Waals surface area contributed by atoms with Crippen molar-refractivity contribution in [2.75, 3.05) is 23.5 Å². The summed E-state index contributed by atoms with van der Waals surface area (Å²) in [5.41, 5.74) is 1.22. The second-order valence-corrected chi connectivity index (χ2v) is 10.8. The van der Waals surface area contributed by atoms with Crippen LogP contribution >= 0.6 is 11.6 Å². The van der Waals surface area contributed by atoms with Crippen molar-refractivity contribution in [1.82, 2.24) is 9.97 Å². The highest BCUT2D eigenvalue weighted by molar-refractivity contribution is 7.91. The smallest absolute Gasteiger partial charge is 0.259 e. The normalized spacial score (nSPS) is 11.2. The van der Waals surface area contributed by atoms with Gasteiger partial charge in [0, 0.05) is 18.3 Å². The Hall–Kier alpha value is -4.02. The third-order valence-electron chi connectivity index (χ3n) is 5.71. The van der Waals surface area contributed by atoms with E-state index in [-0.39, 0.29) is 45.0 Å². The largest absolute Gasteiger partial charge is 0.497 e. The fourth-order valence-corrected chi connectivity index (χ4v) is 5.04. The van der Waals surface area contributed by atoms with Gasteiger partial charge in [-0.15, -0.1) is 0 Å². The molecule has 4 rings (SSSR count). The third kappa shape index (κ3) is 6.09. The number of hydrogen-bond acceptors (Lipinski definition) is 7. The molecular formula is C27H24ClFN4O4S. The number of nitrogens with zero attached hydrogens (tertiary/aromatic N) is 2. The summed E-state index contributed by atoms with van der Waals surface area (Å²) in [5, 5.41) is 5.57. The van der Waals surface area contributed by atoms with Gasteiger partial charge in [0.25, 0.3) is 5.91 Å². The molecule has 4 aromatic rings. The van der Waals surface area contributed by atoms with Gasteiger partial charge in [0.05, 0.1) is 39.7 Å². The first-order chi connectivity index (χ1) is 18.2. The predicted molar refractivity (Wildman–Crippen MR) is 145 cm³/mol. The fourth-order valence-electron chi connectivity index (χ4n) is 3.69. The summed E-state index contributed by atoms with van der Waals surface area (Å²) < 4.78 is 44.9. The highest BCUT2D eigenvalue weighted by Crippen LogP contribution is 2.27. The van der Waals surface area contributed by atoms with Crippen LogP contribution in [0.1, 0.15) is 28.5 Å². The van der Waals surface area contributed by atoms with Gasteiger partial charge in [-0.3, -0.25) is 4.79 Å². The molecule has 0 saturated carbocycles. The average Bonchev–Trinajstić information content (AvgIpc) is 2.91. The Labute approximate surface area is 224 Å². The molecule has 0 bridgehead atoms. The van der Waals surface area contributed by atoms with Gasteiger partial charge in [-0.1, -0.05) is 42.8 Å². The Kier molecular flexibility index (Phi) is 8.23. The molecule has 38 heavy (non-hydrogen) atoms. The fraction of sp³-hybridized carbons (Fsp3) is 0.148. The molecule has 1 amide bonds. The molecule has 3 aromatic carbocycles. The Morgan fingerprint density at radius 2 is 1.79 bits per heavy atom. The second-order valence-electron chi connectivity index (χ2n) is 8.15. The van der Waals surface area contributed by atoms with Crippen LogP contribution in [0.5, 0.6) is 5.75 Å². The molecule has 0 aliphatic rings. The lowest BCUT2D eigenvalue weighted by Gasteiger charge is -2.14. The van der Waals surface area contributed by atoms with Crippen LogP contribution in [0.4, 0.5) is 21.7 Å². The van der Waals surface area contributed by atoms with Crippen molar-refractivity contribution in [2.24, 2.45) is 0 Å². The van der Waals surface area contributed by atoms with Crippen LogP contribution in [0.3, 0.4) is 0 Å². The molecule has 196 valence electrons. The van der Waals surface area contributed by atoms with Gasteiger partial charge in [-0.25, -0.2) is 22.8 Å². The minimum Gasteiger partial charge on any atom is -0.497 e. The first-order valence-corrected chi connectivity index (χ1v) is 13.6. The molecule has 1 aromatic heterocycles. The van der Waals surface area contributed by atoms with Gasteiger partial charge in [0.1, 0.15) is 11.6 Å². The number of aromatic nitrogens is 2. The molecule has 0 spiro atoms. The zero-order chi connectivity index (χ0) is 27.3. The lowest BCUT2D eigenvalue weighted by molar-refractivity contribution is 0.102. The topological polar surface area (TPSA) is 110 Å². The minimum atomic E-state index is -3.55. The van der Waals surface area contributed by atoms with Crippen molar-refractivity contribution in [3.05, 3.63) is 101 Å². The molecule has 8 nitrogen and oxygen atoms in total. The Morgan fingerprint density at radius 3 is 2.47 bits per heavy atom. The number of methoxy groups -OCH3 is 1. The number of rotatable bonds is 9. The van der Waals surface area contributed by atoms with E-state index >= 15 is 0 Å². The summed E-state index contributed by atoms with van der Waals surface area (Å²) >= 11 is 6.08. The van der Waals surface area contributed by atoms with E-state index in [1.807, 2.05) is 0 Å². The molecule has 0 aliphatic heterocycles. The van der Waals surface area contributed by atoms with Crippen molar-refractivity contribution < 1.29 is 22.3 Å². The van der Waals surface area contributed by atoms with Crippen LogP contribution in [0.2, 0.25) is 5.02 Å². The predicted octanol–water partition coefficient (Wildman–Crippen LogP) is 5.66. The molecule has 11 heteroatoms. The Bertz CT molecular complexity index is 1560. The van der Waals surface area contributed by atoms with E-state index in [1.165, 1.54) is 30.5 Å². The maximum Gasteiger partial charge on any atom is 0.259 e. The number of nitrogens with one attached hydrogen (secondary N) is 2. The van der Waals surface area contributed by atoms with Gasteiger partial charge in [0.15, 0.2) is 9.84 Å². The summed E-state index contributed by atoms with van der Waals surface area (Å²) in [6, 6.07) is 17.6. The number of anilines is 3. The zero-order valence-electron chi connectivity index (χ0n) is 20.5. The first-order valence-electron chi connectivity index (χ1n) is 11.5. The summed E-state index contributed by atoms with van der Waals surface area (Å²) in [6.07, 6.45) is 1.30. The maximum absolute atomic E-state index is 14.3. The monoisotopic (exact) mass is 554 g/mol. The number of benzene rings is 3. The summed E-state index contributed by atoms with van der Waals surface area (Å²) in [7, 11) is -1.98. The molecule has 0 fully saturated rings. The minimum absolute atomic E-state index is 0.00295. The molecular weight excluding hydrogens is 531 g/mol. The molecule has 0 radical (unpaired) electrons. The van der Waals surface area contributed by atoms with E-state index < -0.39 is 21.6 Å². The van der Waals surface area contributed by atoms with Gasteiger partial charge < -0.3 is 15.4 Å². The van der Waals surface area contributed by atoms with Crippen molar-refractivity contribution >= 4 is 44.7 Å². The van der Waals surface area contributed by atoms with Gasteiger partial charge in [-0.2, -0.15) is 0 Å². The molecule has 2 N–H and O–H groups in total. The summed E-state index contributed by atoms with van der Waals surface area (Å²) in [5.74, 6) is -0.632. The Morgan fingerprint density at radius 1 is 1.05 bits per heavy atom. The van der Waals surface area contributed by atoms with E-state index in [9.17, 15) is 17.6 Å². The van der Waals surface area contributed by atoms with Gasteiger partial charge in [0.2, 0.25) is 5.95 Å². The number of carbonyl (C=O) groups is 1. The molecule has 0 aliphatic carbocycles. The number of hydrogen-bond donors (Lipinski definition) is 2. The lowest BCUT2D eigenvalue weighted by atomic mass is 10.1. The highest BCUT2D eigenvalue weighted by atomic mass is 35.5. The van der Waals surface area contributed by atoms with Crippen molar-refractivity contribution in [1.29, 1.82) is 0 Å². The number of ether oxygens (including phenoxy) is 1. The van der Waals surface area contributed by atoms with Gasteiger partial charge in [-0.05, 0) is 48.0 Å². The number of halogens is 2. The lowest BCUT2D eigenvalue weighted by Crippen LogP contribution is -2.18. The number of amides is 1. The van der Waals surface area contributed by atoms with Crippen LogP contribution in [0, 0.1) is 5.82 Å². The second kappa shape index (κ2) is 11.6. The highest BCUT2D eigenvalue weighted by Gasteiger charge is 2.22. The van der Waals surface area contributed by atoms with Gasteiger partial charge >= 0.3 is 0 Å². The third-order valence-corrected chi connectivity index (χ3v) is 7.85. The number of carbonyl (C=O) groups excluding carboxylic acids is 1. The van der Waals surface area contributed by atoms with E-state index in [0.717, 1.165) is 0 Å². The maximum atomic E-state index is 14.3. The van der Waals surface area contributed by atoms with E-state index in [2.05, 4.69) is 20.6 Å². The van der Waals surface area contributed by atoms with E-state index in [1.54, 1.807) is 56.5 Å². The van der Waals surface area contributed by atoms with Crippen LogP contribution in [-0.2, 0) is 16.3 Å². The van der Waals surface area contributed by atoms with Crippen LogP contribution in [-0.4, -0.2) is 37.2 Å². The molecule has 1 heterocycles. The van der Waals surface area contributed by atoms with Crippen LogP contribution in [0.15, 0.2) is 77.8 Å². The SMILES string of the molecule is CCS(=O)(=O)c1ccccc1Cc1nc(Nc2ccc(OC)cc2)ncc1C(=O)Nc1c(F)cccc1Cl. The van der Waals surface area contributed by atoms with Crippen molar-refractivity contribution in [2.45, 2.75) is 18.2 Å². The quantitative estimate of drug-likeness (QED) is 0.275. The van der Waals surface area contributed by atoms with Crippen molar-refractivity contribution in [3.63, 3.8) is 0 Å². The number of para-hydroxylation sites is 1. The number of sulfone groups is 1. The van der Waals surface area contributed by atoms with Crippen LogP contribution < -0.4 is 15.4 Å². The molecule has 0 unspecified atom stereocenters. The van der Waals surface area contributed by atoms with E-state index in [4.69, 9.17) is 16.3 Å². The first kappa shape index (κ1) is 27.0. The van der Waals surface area contributed by atoms with Crippen LogP contribution in [0.25, 0.3) is 0 Å². The van der Waals surface area contributed by atoms with E-state index in [0.29, 0.717) is 17.0 Å².